The second-order valence-electron chi connectivity index (χ2n) is 7.26. The first-order chi connectivity index (χ1) is 10.8. The molecule has 3 rings (SSSR count). The Morgan fingerprint density at radius 2 is 1.96 bits per heavy atom. The van der Waals surface area contributed by atoms with Crippen molar-refractivity contribution < 1.29 is 9.84 Å². The Morgan fingerprint density at radius 3 is 2.39 bits per heavy atom. The summed E-state index contributed by atoms with van der Waals surface area (Å²) in [5, 5.41) is 28.5. The second kappa shape index (κ2) is 5.24. The van der Waals surface area contributed by atoms with Gasteiger partial charge >= 0.3 is 0 Å². The Hall–Kier alpha value is -2.06. The number of ether oxygens (including phenoxy) is 1. The van der Waals surface area contributed by atoms with Gasteiger partial charge in [-0.1, -0.05) is 18.2 Å². The van der Waals surface area contributed by atoms with Crippen LogP contribution in [0.25, 0.3) is 0 Å². The van der Waals surface area contributed by atoms with Crippen LogP contribution in [0.15, 0.2) is 30.3 Å². The van der Waals surface area contributed by atoms with Crippen LogP contribution in [0.5, 0.6) is 5.75 Å². The zero-order valence-corrected chi connectivity index (χ0v) is 13.4. The van der Waals surface area contributed by atoms with Crippen molar-refractivity contribution in [1.82, 2.24) is 0 Å². The highest BCUT2D eigenvalue weighted by molar-refractivity contribution is 5.87. The fraction of sp³-hybridized carbons (Fsp3) is 0.556. The van der Waals surface area contributed by atoms with Crippen LogP contribution in [-0.2, 0) is 0 Å². The molecule has 2 unspecified atom stereocenters. The Bertz CT molecular complexity index is 644. The van der Waals surface area contributed by atoms with E-state index in [-0.39, 0.29) is 11.3 Å². The van der Waals surface area contributed by atoms with Gasteiger partial charge in [0.1, 0.15) is 11.6 Å². The summed E-state index contributed by atoms with van der Waals surface area (Å²) in [6.45, 7) is 1.72. The smallest absolute Gasteiger partial charge is 0.178 e. The first kappa shape index (κ1) is 15.8. The molecule has 122 valence electrons. The lowest BCUT2D eigenvalue weighted by Crippen LogP contribution is -2.56. The molecule has 2 aliphatic rings. The third-order valence-electron chi connectivity index (χ3n) is 5.76. The Kier molecular flexibility index (Phi) is 3.61. The lowest BCUT2D eigenvalue weighted by molar-refractivity contribution is 0.0379. The maximum Gasteiger partial charge on any atom is 0.178 e. The van der Waals surface area contributed by atoms with E-state index in [9.17, 15) is 10.4 Å². The van der Waals surface area contributed by atoms with E-state index in [1.165, 1.54) is 0 Å². The molecule has 0 spiro atoms. The van der Waals surface area contributed by atoms with E-state index in [1.54, 1.807) is 19.1 Å². The van der Waals surface area contributed by atoms with Crippen molar-refractivity contribution in [3.05, 3.63) is 30.3 Å². The highest BCUT2D eigenvalue weighted by atomic mass is 16.5. The molecular formula is C18H23N3O2. The number of amidine groups is 1. The van der Waals surface area contributed by atoms with Crippen LogP contribution in [0.4, 0.5) is 0 Å². The molecule has 1 aromatic carbocycles. The second-order valence-corrected chi connectivity index (χ2v) is 7.26. The van der Waals surface area contributed by atoms with Crippen LogP contribution < -0.4 is 10.5 Å². The standard InChI is InChI=1S/C18H23N3O2/c1-16(15(20)21,23-13-5-3-2-4-6-13)14(11-19)17-7-9-18(22,12-17)10-8-17/h2-6,14,22H,7-10,12H2,1H3,(H3,20,21). The fourth-order valence-corrected chi connectivity index (χ4v) is 4.46. The lowest BCUT2D eigenvalue weighted by atomic mass is 9.66. The molecule has 23 heavy (non-hydrogen) atoms. The van der Waals surface area contributed by atoms with Gasteiger partial charge in [-0.15, -0.1) is 0 Å². The number of hydrogen-bond acceptors (Lipinski definition) is 4. The number of aliphatic hydroxyl groups is 1. The molecule has 4 N–H and O–H groups in total. The third kappa shape index (κ3) is 2.47. The zero-order chi connectivity index (χ0) is 16.7. The topological polar surface area (TPSA) is 103 Å². The van der Waals surface area contributed by atoms with Crippen LogP contribution in [0, 0.1) is 28.1 Å². The molecule has 2 aliphatic carbocycles. The maximum atomic E-state index is 10.5. The number of nitrogens with one attached hydrogen (secondary N) is 1. The number of nitrogens with zero attached hydrogens (tertiary/aromatic N) is 1. The van der Waals surface area contributed by atoms with Crippen molar-refractivity contribution in [1.29, 1.82) is 10.7 Å². The number of para-hydroxylation sites is 1. The van der Waals surface area contributed by atoms with E-state index in [1.807, 2.05) is 18.2 Å². The molecule has 0 amide bonds. The highest BCUT2D eigenvalue weighted by Gasteiger charge is 2.62. The summed E-state index contributed by atoms with van der Waals surface area (Å²) in [5.74, 6) is -0.123. The van der Waals surface area contributed by atoms with E-state index in [0.717, 1.165) is 12.8 Å². The Labute approximate surface area is 136 Å². The number of hydrogen-bond donors (Lipinski definition) is 3. The van der Waals surface area contributed by atoms with Gasteiger partial charge in [0, 0.05) is 0 Å². The molecule has 0 aromatic heterocycles. The number of rotatable bonds is 5. The first-order valence-electron chi connectivity index (χ1n) is 8.04. The van der Waals surface area contributed by atoms with Gasteiger partial charge in [-0.25, -0.2) is 0 Å². The summed E-state index contributed by atoms with van der Waals surface area (Å²) >= 11 is 0. The van der Waals surface area contributed by atoms with E-state index in [4.69, 9.17) is 15.9 Å². The summed E-state index contributed by atoms with van der Waals surface area (Å²) in [4.78, 5) is 0. The van der Waals surface area contributed by atoms with Gasteiger partial charge in [-0.05, 0) is 56.6 Å². The van der Waals surface area contributed by atoms with E-state index in [0.29, 0.717) is 25.0 Å². The number of benzene rings is 1. The van der Waals surface area contributed by atoms with Gasteiger partial charge in [0.2, 0.25) is 0 Å². The van der Waals surface area contributed by atoms with Crippen LogP contribution in [0.2, 0.25) is 0 Å². The zero-order valence-electron chi connectivity index (χ0n) is 13.4. The minimum absolute atomic E-state index is 0.149. The van der Waals surface area contributed by atoms with Crippen LogP contribution in [0.1, 0.15) is 39.0 Å². The van der Waals surface area contributed by atoms with Crippen molar-refractivity contribution in [3.8, 4) is 11.8 Å². The van der Waals surface area contributed by atoms with E-state index in [2.05, 4.69) is 6.07 Å². The molecule has 0 heterocycles. The van der Waals surface area contributed by atoms with Crippen molar-refractivity contribution in [2.24, 2.45) is 17.1 Å². The van der Waals surface area contributed by atoms with Gasteiger partial charge in [-0.3, -0.25) is 5.41 Å². The molecule has 0 radical (unpaired) electrons. The predicted molar refractivity (Wildman–Crippen MR) is 87.0 cm³/mol. The van der Waals surface area contributed by atoms with Crippen molar-refractivity contribution in [3.63, 3.8) is 0 Å². The SMILES string of the molecule is CC(Oc1ccccc1)(C(=N)N)C(C#N)C12CCC(O)(CC1)C2. The van der Waals surface area contributed by atoms with Crippen LogP contribution in [-0.4, -0.2) is 22.1 Å². The molecule has 2 saturated carbocycles. The van der Waals surface area contributed by atoms with Gasteiger partial charge in [-0.2, -0.15) is 5.26 Å². The molecular weight excluding hydrogens is 290 g/mol. The number of nitriles is 1. The first-order valence-corrected chi connectivity index (χ1v) is 8.04. The normalized spacial score (nSPS) is 32.7. The van der Waals surface area contributed by atoms with Crippen LogP contribution in [0.3, 0.4) is 0 Å². The molecule has 1 aromatic rings. The monoisotopic (exact) mass is 313 g/mol. The quantitative estimate of drug-likeness (QED) is 0.574. The summed E-state index contributed by atoms with van der Waals surface area (Å²) in [7, 11) is 0. The molecule has 2 fully saturated rings. The van der Waals surface area contributed by atoms with E-state index >= 15 is 0 Å². The van der Waals surface area contributed by atoms with Gasteiger partial charge < -0.3 is 15.6 Å². The Morgan fingerprint density at radius 1 is 1.35 bits per heavy atom. The summed E-state index contributed by atoms with van der Waals surface area (Å²) in [6, 6.07) is 11.5. The fourth-order valence-electron chi connectivity index (χ4n) is 4.46. The molecule has 5 nitrogen and oxygen atoms in total. The summed E-state index contributed by atoms with van der Waals surface area (Å²) in [5.41, 5.74) is 3.69. The third-order valence-corrected chi connectivity index (χ3v) is 5.76. The minimum Gasteiger partial charge on any atom is -0.478 e. The highest BCUT2D eigenvalue weighted by Crippen LogP contribution is 2.62. The van der Waals surface area contributed by atoms with Crippen LogP contribution >= 0.6 is 0 Å². The minimum atomic E-state index is -1.20. The molecule has 0 saturated heterocycles. The largest absolute Gasteiger partial charge is 0.478 e. The van der Waals surface area contributed by atoms with Gasteiger partial charge in [0.15, 0.2) is 5.60 Å². The van der Waals surface area contributed by atoms with Crippen molar-refractivity contribution in [2.45, 2.75) is 50.2 Å². The molecule has 2 atom stereocenters. The number of fused-ring (bicyclic) bond motifs is 2. The summed E-state index contributed by atoms with van der Waals surface area (Å²) in [6.07, 6.45) is 3.58. The number of nitrogens with two attached hydrogens (primary N) is 1. The van der Waals surface area contributed by atoms with Crippen molar-refractivity contribution in [2.75, 3.05) is 0 Å². The average Bonchev–Trinajstić information content (AvgIpc) is 3.02. The Balaban J connectivity index is 1.96. The molecule has 2 bridgehead atoms. The summed E-state index contributed by atoms with van der Waals surface area (Å²) < 4.78 is 6.05. The predicted octanol–water partition coefficient (Wildman–Crippen LogP) is 2.60. The van der Waals surface area contributed by atoms with E-state index < -0.39 is 17.1 Å². The molecule has 5 heteroatoms. The molecule has 0 aliphatic heterocycles. The van der Waals surface area contributed by atoms with Crippen molar-refractivity contribution >= 4 is 5.84 Å². The van der Waals surface area contributed by atoms with Gasteiger partial charge in [0.05, 0.1) is 17.6 Å². The van der Waals surface area contributed by atoms with Gasteiger partial charge in [0.25, 0.3) is 0 Å². The maximum absolute atomic E-state index is 10.5. The average molecular weight is 313 g/mol. The lowest BCUT2D eigenvalue weighted by Gasteiger charge is -2.42.